The summed E-state index contributed by atoms with van der Waals surface area (Å²) in [4.78, 5) is 28.9. The topological polar surface area (TPSA) is 62.3 Å². The predicted octanol–water partition coefficient (Wildman–Crippen LogP) is 2.95. The lowest BCUT2D eigenvalue weighted by Crippen LogP contribution is -2.31. The quantitative estimate of drug-likeness (QED) is 0.871. The highest BCUT2D eigenvalue weighted by atomic mass is 16.2. The lowest BCUT2D eigenvalue weighted by Gasteiger charge is -2.17. The van der Waals surface area contributed by atoms with Gasteiger partial charge in [0.05, 0.1) is 0 Å². The molecule has 0 fully saturated rings. The normalized spacial score (nSPS) is 9.90. The van der Waals surface area contributed by atoms with Crippen LogP contribution in [-0.4, -0.2) is 23.8 Å². The number of pyridine rings is 1. The molecule has 0 spiro atoms. The van der Waals surface area contributed by atoms with E-state index in [0.29, 0.717) is 17.1 Å². The number of nitrogens with one attached hydrogen (secondary N) is 1. The van der Waals surface area contributed by atoms with Gasteiger partial charge in [-0.15, -0.1) is 0 Å². The molecule has 102 valence electrons. The first-order valence-corrected chi connectivity index (χ1v) is 6.14. The number of hydrogen-bond donors (Lipinski definition) is 1. The van der Waals surface area contributed by atoms with Crippen LogP contribution in [0.4, 0.5) is 16.3 Å². The molecule has 2 rings (SSSR count). The van der Waals surface area contributed by atoms with Crippen molar-refractivity contribution in [2.24, 2.45) is 0 Å². The van der Waals surface area contributed by atoms with Gasteiger partial charge in [0.2, 0.25) is 0 Å². The molecule has 0 saturated carbocycles. The fraction of sp³-hybridized carbons (Fsp3) is 0.133. The Balaban J connectivity index is 2.12. The van der Waals surface area contributed by atoms with E-state index < -0.39 is 0 Å². The summed E-state index contributed by atoms with van der Waals surface area (Å²) in [6, 6.07) is 11.8. The summed E-state index contributed by atoms with van der Waals surface area (Å²) in [6.45, 7) is 1.49. The number of anilines is 2. The van der Waals surface area contributed by atoms with Gasteiger partial charge < -0.3 is 5.32 Å². The van der Waals surface area contributed by atoms with Gasteiger partial charge in [0.15, 0.2) is 5.78 Å². The minimum Gasteiger partial charge on any atom is -0.307 e. The number of Topliss-reactive ketones (excluding diaryl/α,β-unsaturated/α-hetero) is 1. The van der Waals surface area contributed by atoms with Crippen molar-refractivity contribution in [2.45, 2.75) is 6.92 Å². The molecular weight excluding hydrogens is 254 g/mol. The summed E-state index contributed by atoms with van der Waals surface area (Å²) < 4.78 is 0. The number of nitrogens with zero attached hydrogens (tertiary/aromatic N) is 2. The third-order valence-corrected chi connectivity index (χ3v) is 2.82. The smallest absolute Gasteiger partial charge is 0.307 e. The second-order valence-electron chi connectivity index (χ2n) is 4.31. The van der Waals surface area contributed by atoms with Crippen LogP contribution in [0.5, 0.6) is 0 Å². The molecule has 5 heteroatoms. The van der Waals surface area contributed by atoms with Crippen LogP contribution in [0.15, 0.2) is 48.7 Å². The third-order valence-electron chi connectivity index (χ3n) is 2.82. The Labute approximate surface area is 117 Å². The van der Waals surface area contributed by atoms with Gasteiger partial charge >= 0.3 is 6.03 Å². The van der Waals surface area contributed by atoms with Crippen LogP contribution in [0.25, 0.3) is 0 Å². The molecule has 0 saturated heterocycles. The number of benzene rings is 1. The van der Waals surface area contributed by atoms with Gasteiger partial charge in [0, 0.05) is 24.5 Å². The first kappa shape index (κ1) is 13.7. The van der Waals surface area contributed by atoms with Crippen molar-refractivity contribution in [3.63, 3.8) is 0 Å². The Morgan fingerprint density at radius 2 is 1.95 bits per heavy atom. The standard InChI is InChI=1S/C15H15N3O2/c1-11(19)12-6-5-7-13(10-12)17-15(20)18(2)14-8-3-4-9-16-14/h3-10H,1-2H3,(H,17,20). The minimum absolute atomic E-state index is 0.0424. The summed E-state index contributed by atoms with van der Waals surface area (Å²) in [6.07, 6.45) is 1.62. The van der Waals surface area contributed by atoms with Crippen molar-refractivity contribution in [2.75, 3.05) is 17.3 Å². The summed E-state index contributed by atoms with van der Waals surface area (Å²) >= 11 is 0. The van der Waals surface area contributed by atoms with Gasteiger partial charge in [-0.25, -0.2) is 9.78 Å². The molecule has 5 nitrogen and oxygen atoms in total. The molecule has 0 radical (unpaired) electrons. The van der Waals surface area contributed by atoms with Crippen molar-refractivity contribution < 1.29 is 9.59 Å². The number of hydrogen-bond acceptors (Lipinski definition) is 3. The van der Waals surface area contributed by atoms with Crippen LogP contribution in [0, 0.1) is 0 Å². The van der Waals surface area contributed by atoms with Crippen LogP contribution < -0.4 is 10.2 Å². The van der Waals surface area contributed by atoms with E-state index in [1.165, 1.54) is 11.8 Å². The average molecular weight is 269 g/mol. The molecule has 2 aromatic rings. The summed E-state index contributed by atoms with van der Waals surface area (Å²) in [5.41, 5.74) is 1.13. The van der Waals surface area contributed by atoms with Crippen molar-refractivity contribution >= 4 is 23.3 Å². The predicted molar refractivity (Wildman–Crippen MR) is 78.1 cm³/mol. The molecule has 1 aromatic heterocycles. The second-order valence-corrected chi connectivity index (χ2v) is 4.31. The maximum atomic E-state index is 12.1. The Kier molecular flexibility index (Phi) is 4.10. The lowest BCUT2D eigenvalue weighted by atomic mass is 10.1. The highest BCUT2D eigenvalue weighted by Gasteiger charge is 2.12. The molecule has 20 heavy (non-hydrogen) atoms. The van der Waals surface area contributed by atoms with Gasteiger partial charge in [0.25, 0.3) is 0 Å². The van der Waals surface area contributed by atoms with Crippen molar-refractivity contribution in [1.29, 1.82) is 0 Å². The molecule has 0 aliphatic rings. The molecule has 1 heterocycles. The van der Waals surface area contributed by atoms with Crippen molar-refractivity contribution in [3.05, 3.63) is 54.2 Å². The number of ketones is 1. The van der Waals surface area contributed by atoms with Crippen molar-refractivity contribution in [3.8, 4) is 0 Å². The number of carbonyl (C=O) groups excluding carboxylic acids is 2. The van der Waals surface area contributed by atoms with E-state index in [0.717, 1.165) is 0 Å². The fourth-order valence-electron chi connectivity index (χ4n) is 1.68. The molecule has 1 N–H and O–H groups in total. The molecule has 0 atom stereocenters. The molecule has 0 bridgehead atoms. The van der Waals surface area contributed by atoms with Gasteiger partial charge in [0.1, 0.15) is 5.82 Å². The number of amides is 2. The Hall–Kier alpha value is -2.69. The molecule has 0 aliphatic carbocycles. The number of aromatic nitrogens is 1. The van der Waals surface area contributed by atoms with E-state index in [9.17, 15) is 9.59 Å². The van der Waals surface area contributed by atoms with Gasteiger partial charge in [-0.05, 0) is 31.2 Å². The molecule has 0 aliphatic heterocycles. The fourth-order valence-corrected chi connectivity index (χ4v) is 1.68. The van der Waals surface area contributed by atoms with Gasteiger partial charge in [-0.1, -0.05) is 18.2 Å². The zero-order chi connectivity index (χ0) is 14.5. The Morgan fingerprint density at radius 3 is 2.60 bits per heavy atom. The number of rotatable bonds is 3. The minimum atomic E-state index is -0.315. The molecular formula is C15H15N3O2. The maximum absolute atomic E-state index is 12.1. The van der Waals surface area contributed by atoms with E-state index in [4.69, 9.17) is 0 Å². The van der Waals surface area contributed by atoms with E-state index in [2.05, 4.69) is 10.3 Å². The summed E-state index contributed by atoms with van der Waals surface area (Å²) in [7, 11) is 1.63. The van der Waals surface area contributed by atoms with Gasteiger partial charge in [-0.3, -0.25) is 9.69 Å². The third kappa shape index (κ3) is 3.20. The molecule has 1 aromatic carbocycles. The first-order chi connectivity index (χ1) is 9.58. The molecule has 2 amide bonds. The maximum Gasteiger partial charge on any atom is 0.327 e. The van der Waals surface area contributed by atoms with Crippen LogP contribution in [-0.2, 0) is 0 Å². The lowest BCUT2D eigenvalue weighted by molar-refractivity contribution is 0.101. The Bertz CT molecular complexity index is 626. The van der Waals surface area contributed by atoms with E-state index >= 15 is 0 Å². The SMILES string of the molecule is CC(=O)c1cccc(NC(=O)N(C)c2ccccn2)c1. The zero-order valence-corrected chi connectivity index (χ0v) is 11.3. The van der Waals surface area contributed by atoms with E-state index in [-0.39, 0.29) is 11.8 Å². The largest absolute Gasteiger partial charge is 0.327 e. The van der Waals surface area contributed by atoms with E-state index in [1.54, 1.807) is 49.6 Å². The number of carbonyl (C=O) groups is 2. The highest BCUT2D eigenvalue weighted by molar-refractivity contribution is 6.02. The number of urea groups is 1. The summed E-state index contributed by atoms with van der Waals surface area (Å²) in [5, 5.41) is 2.73. The van der Waals surface area contributed by atoms with Crippen LogP contribution >= 0.6 is 0 Å². The second kappa shape index (κ2) is 5.97. The first-order valence-electron chi connectivity index (χ1n) is 6.14. The van der Waals surface area contributed by atoms with Crippen molar-refractivity contribution in [1.82, 2.24) is 4.98 Å². The average Bonchev–Trinajstić information content (AvgIpc) is 2.47. The summed E-state index contributed by atoms with van der Waals surface area (Å²) in [5.74, 6) is 0.506. The monoisotopic (exact) mass is 269 g/mol. The highest BCUT2D eigenvalue weighted by Crippen LogP contribution is 2.13. The van der Waals surface area contributed by atoms with E-state index in [1.807, 2.05) is 6.07 Å². The van der Waals surface area contributed by atoms with Crippen LogP contribution in [0.3, 0.4) is 0 Å². The molecule has 0 unspecified atom stereocenters. The zero-order valence-electron chi connectivity index (χ0n) is 11.3. The Morgan fingerprint density at radius 1 is 1.15 bits per heavy atom. The van der Waals surface area contributed by atoms with Crippen LogP contribution in [0.2, 0.25) is 0 Å². The van der Waals surface area contributed by atoms with Crippen LogP contribution in [0.1, 0.15) is 17.3 Å². The van der Waals surface area contributed by atoms with Gasteiger partial charge in [-0.2, -0.15) is 0 Å².